The topological polar surface area (TPSA) is 108 Å². The summed E-state index contributed by atoms with van der Waals surface area (Å²) in [5, 5.41) is 10.6. The molecule has 0 saturated carbocycles. The molecule has 1 N–H and O–H groups in total. The Kier molecular flexibility index (Phi) is 10.4. The number of ether oxygens (including phenoxy) is 4. The molecule has 0 bridgehead atoms. The lowest BCUT2D eigenvalue weighted by atomic mass is 9.92. The first-order valence-electron chi connectivity index (χ1n) is 9.64. The molecule has 1 rings (SSSR count). The lowest BCUT2D eigenvalue weighted by Crippen LogP contribution is -2.50. The van der Waals surface area contributed by atoms with E-state index in [1.54, 1.807) is 6.08 Å². The predicted octanol–water partition coefficient (Wildman–Crippen LogP) is 1.68. The Morgan fingerprint density at radius 2 is 1.76 bits per heavy atom. The number of hydrogen-bond acceptors (Lipinski definition) is 8. The lowest BCUT2D eigenvalue weighted by molar-refractivity contribution is -0.196. The molecule has 0 amide bonds. The Morgan fingerprint density at radius 3 is 2.28 bits per heavy atom. The molecule has 0 aromatic rings. The molecule has 8 nitrogen and oxygen atoms in total. The highest BCUT2D eigenvalue weighted by Gasteiger charge is 2.40. The van der Waals surface area contributed by atoms with Crippen LogP contribution < -0.4 is 0 Å². The summed E-state index contributed by atoms with van der Waals surface area (Å²) < 4.78 is 22.2. The molecule has 1 aliphatic rings. The van der Waals surface area contributed by atoms with Gasteiger partial charge in [-0.15, -0.1) is 6.42 Å². The van der Waals surface area contributed by atoms with Crippen molar-refractivity contribution < 1.29 is 38.4 Å². The Morgan fingerprint density at radius 1 is 1.14 bits per heavy atom. The third-order valence-corrected chi connectivity index (χ3v) is 4.48. The summed E-state index contributed by atoms with van der Waals surface area (Å²) in [5.41, 5.74) is 0. The van der Waals surface area contributed by atoms with Crippen LogP contribution in [0.5, 0.6) is 0 Å². The molecular weight excluding hydrogens is 380 g/mol. The maximum Gasteiger partial charge on any atom is 0.302 e. The second-order valence-corrected chi connectivity index (χ2v) is 6.91. The van der Waals surface area contributed by atoms with Crippen LogP contribution in [-0.4, -0.2) is 59.6 Å². The number of esters is 3. The van der Waals surface area contributed by atoms with Crippen molar-refractivity contribution >= 4 is 17.9 Å². The number of aliphatic hydroxyl groups excluding tert-OH is 1. The van der Waals surface area contributed by atoms with Crippen molar-refractivity contribution in [2.45, 2.75) is 90.0 Å². The van der Waals surface area contributed by atoms with E-state index in [9.17, 15) is 19.5 Å². The molecule has 0 radical (unpaired) electrons. The van der Waals surface area contributed by atoms with Crippen molar-refractivity contribution in [3.63, 3.8) is 0 Å². The normalized spacial score (nSPS) is 28.5. The average Bonchev–Trinajstić information content (AvgIpc) is 2.61. The number of carbonyl (C=O) groups is 3. The standard InChI is InChI=1S/C21H30O8/c1-6-8-9-10-18-21(28-15(5)24)12-19(27-14(4)23)16(25)11-20(29-18)17(7-2)26-13(3)22/h1,8-9,16-21,25H,7,10-12H2,2-5H3/b9-8-/t16-,17?,18-,19-,20+,21-/m1/s1. The Hall–Kier alpha value is -2.37. The highest BCUT2D eigenvalue weighted by atomic mass is 16.6. The monoisotopic (exact) mass is 410 g/mol. The molecule has 1 unspecified atom stereocenters. The van der Waals surface area contributed by atoms with Gasteiger partial charge in [-0.2, -0.15) is 0 Å². The fourth-order valence-corrected chi connectivity index (χ4v) is 3.32. The van der Waals surface area contributed by atoms with Crippen LogP contribution in [0, 0.1) is 12.3 Å². The van der Waals surface area contributed by atoms with Crippen LogP contribution >= 0.6 is 0 Å². The third kappa shape index (κ3) is 8.67. The number of terminal acetylenes is 1. The van der Waals surface area contributed by atoms with Gasteiger partial charge in [-0.25, -0.2) is 0 Å². The minimum atomic E-state index is -1.09. The van der Waals surface area contributed by atoms with Gasteiger partial charge in [0.15, 0.2) is 0 Å². The molecule has 0 aliphatic carbocycles. The molecular formula is C21H30O8. The first kappa shape index (κ1) is 24.7. The molecule has 1 heterocycles. The van der Waals surface area contributed by atoms with Gasteiger partial charge in [-0.1, -0.05) is 18.9 Å². The van der Waals surface area contributed by atoms with Crippen LogP contribution in [0.3, 0.4) is 0 Å². The first-order valence-corrected chi connectivity index (χ1v) is 9.64. The van der Waals surface area contributed by atoms with Crippen molar-refractivity contribution in [2.24, 2.45) is 0 Å². The van der Waals surface area contributed by atoms with E-state index in [1.165, 1.54) is 26.8 Å². The second-order valence-electron chi connectivity index (χ2n) is 6.91. The zero-order valence-electron chi connectivity index (χ0n) is 17.3. The van der Waals surface area contributed by atoms with Crippen LogP contribution in [0.2, 0.25) is 0 Å². The van der Waals surface area contributed by atoms with Crippen molar-refractivity contribution in [1.29, 1.82) is 0 Å². The van der Waals surface area contributed by atoms with E-state index in [0.717, 1.165) is 0 Å². The van der Waals surface area contributed by atoms with Gasteiger partial charge in [-0.3, -0.25) is 14.4 Å². The minimum absolute atomic E-state index is 0.0615. The van der Waals surface area contributed by atoms with E-state index >= 15 is 0 Å². The van der Waals surface area contributed by atoms with E-state index in [0.29, 0.717) is 12.8 Å². The maximum absolute atomic E-state index is 11.6. The highest BCUT2D eigenvalue weighted by molar-refractivity contribution is 5.67. The third-order valence-electron chi connectivity index (χ3n) is 4.48. The first-order chi connectivity index (χ1) is 13.7. The van der Waals surface area contributed by atoms with Crippen LogP contribution in [0.1, 0.15) is 53.4 Å². The van der Waals surface area contributed by atoms with Gasteiger partial charge < -0.3 is 24.1 Å². The van der Waals surface area contributed by atoms with E-state index in [1.807, 2.05) is 6.92 Å². The van der Waals surface area contributed by atoms with Gasteiger partial charge in [0.05, 0.1) is 18.3 Å². The summed E-state index contributed by atoms with van der Waals surface area (Å²) in [6.45, 7) is 5.61. The molecule has 6 atom stereocenters. The van der Waals surface area contributed by atoms with Crippen LogP contribution in [-0.2, 0) is 33.3 Å². The van der Waals surface area contributed by atoms with Crippen molar-refractivity contribution in [3.8, 4) is 12.3 Å². The average molecular weight is 410 g/mol. The number of allylic oxidation sites excluding steroid dienone is 1. The molecule has 1 fully saturated rings. The fourth-order valence-electron chi connectivity index (χ4n) is 3.32. The zero-order valence-corrected chi connectivity index (χ0v) is 17.3. The van der Waals surface area contributed by atoms with Gasteiger partial charge in [-0.05, 0) is 18.9 Å². The summed E-state index contributed by atoms with van der Waals surface area (Å²) in [7, 11) is 0. The number of rotatable bonds is 7. The fraction of sp³-hybridized carbons (Fsp3) is 0.667. The maximum atomic E-state index is 11.6. The SMILES string of the molecule is C#C/C=C\C[C@H]1O[C@H](C(CC)OC(C)=O)C[C@@H](O)[C@H](OC(C)=O)C[C@H]1OC(C)=O. The van der Waals surface area contributed by atoms with E-state index in [-0.39, 0.29) is 12.8 Å². The molecule has 0 spiro atoms. The second kappa shape index (κ2) is 12.2. The molecule has 1 saturated heterocycles. The Balaban J connectivity index is 3.26. The summed E-state index contributed by atoms with van der Waals surface area (Å²) in [5.74, 6) is 0.801. The van der Waals surface area contributed by atoms with E-state index in [4.69, 9.17) is 25.4 Å². The largest absolute Gasteiger partial charge is 0.460 e. The number of carbonyl (C=O) groups excluding carboxylic acids is 3. The van der Waals surface area contributed by atoms with Gasteiger partial charge in [0, 0.05) is 33.6 Å². The van der Waals surface area contributed by atoms with Crippen LogP contribution in [0.25, 0.3) is 0 Å². The smallest absolute Gasteiger partial charge is 0.302 e. The van der Waals surface area contributed by atoms with Crippen molar-refractivity contribution in [2.75, 3.05) is 0 Å². The van der Waals surface area contributed by atoms with Gasteiger partial charge >= 0.3 is 17.9 Å². The Bertz CT molecular complexity index is 635. The molecule has 1 aliphatic heterocycles. The summed E-state index contributed by atoms with van der Waals surface area (Å²) in [6.07, 6.45) is 4.60. The number of aliphatic hydroxyl groups is 1. The quantitative estimate of drug-likeness (QED) is 0.384. The van der Waals surface area contributed by atoms with Gasteiger partial charge in [0.1, 0.15) is 18.3 Å². The molecule has 0 aromatic carbocycles. The minimum Gasteiger partial charge on any atom is -0.460 e. The highest BCUT2D eigenvalue weighted by Crippen LogP contribution is 2.29. The molecule has 29 heavy (non-hydrogen) atoms. The lowest BCUT2D eigenvalue weighted by Gasteiger charge is -2.39. The Labute approximate surface area is 171 Å². The van der Waals surface area contributed by atoms with Crippen molar-refractivity contribution in [1.82, 2.24) is 0 Å². The predicted molar refractivity (Wildman–Crippen MR) is 103 cm³/mol. The summed E-state index contributed by atoms with van der Waals surface area (Å²) in [4.78, 5) is 34.7. The van der Waals surface area contributed by atoms with E-state index < -0.39 is 54.5 Å². The van der Waals surface area contributed by atoms with E-state index in [2.05, 4.69) is 5.92 Å². The molecule has 162 valence electrons. The summed E-state index contributed by atoms with van der Waals surface area (Å²) in [6, 6.07) is 0. The number of hydrogen-bond donors (Lipinski definition) is 1. The van der Waals surface area contributed by atoms with Crippen LogP contribution in [0.15, 0.2) is 12.2 Å². The zero-order chi connectivity index (χ0) is 22.0. The van der Waals surface area contributed by atoms with Crippen LogP contribution in [0.4, 0.5) is 0 Å². The molecule has 0 aromatic heterocycles. The van der Waals surface area contributed by atoms with Gasteiger partial charge in [0.2, 0.25) is 0 Å². The summed E-state index contributed by atoms with van der Waals surface area (Å²) >= 11 is 0. The van der Waals surface area contributed by atoms with Crippen molar-refractivity contribution in [3.05, 3.63) is 12.2 Å². The molecule has 8 heteroatoms. The van der Waals surface area contributed by atoms with Gasteiger partial charge in [0.25, 0.3) is 0 Å².